The molecule has 3 aromatic heterocycles. The van der Waals surface area contributed by atoms with Crippen LogP contribution < -0.4 is 17.1 Å². The fraction of sp³-hybridized carbons (Fsp3) is 0. The molecular formula is C12H12FeN6O6+3. The van der Waals surface area contributed by atoms with Crippen LogP contribution in [0.1, 0.15) is 0 Å². The smallest absolute Gasteiger partial charge is 0.424 e. The average molecular weight is 392 g/mol. The van der Waals surface area contributed by atoms with Crippen molar-refractivity contribution in [2.24, 2.45) is 0 Å². The van der Waals surface area contributed by atoms with E-state index >= 15 is 0 Å². The largest absolute Gasteiger partial charge is 3.00 e. The van der Waals surface area contributed by atoms with E-state index in [1.54, 1.807) is 0 Å². The van der Waals surface area contributed by atoms with Crippen LogP contribution in [-0.2, 0) is 17.1 Å². The van der Waals surface area contributed by atoms with E-state index in [0.717, 1.165) is 0 Å². The van der Waals surface area contributed by atoms with Gasteiger partial charge in [0, 0.05) is 18.6 Å². The number of aromatic nitrogens is 6. The summed E-state index contributed by atoms with van der Waals surface area (Å²) >= 11 is 0. The summed E-state index contributed by atoms with van der Waals surface area (Å²) in [4.78, 5) is 40.4. The maximum absolute atomic E-state index is 10.2. The minimum absolute atomic E-state index is 0. The van der Waals surface area contributed by atoms with Crippen molar-refractivity contribution >= 4 is 0 Å². The topological polar surface area (TPSA) is 165 Å². The van der Waals surface area contributed by atoms with Crippen molar-refractivity contribution in [1.82, 2.24) is 29.1 Å². The Balaban J connectivity index is 0.000000339. The summed E-state index contributed by atoms with van der Waals surface area (Å²) in [5.74, 6) is 0. The summed E-state index contributed by atoms with van der Waals surface area (Å²) < 4.78 is 1.25. The molecule has 3 aromatic rings. The van der Waals surface area contributed by atoms with E-state index in [0.29, 0.717) is 14.2 Å². The third-order valence-electron chi connectivity index (χ3n) is 2.08. The van der Waals surface area contributed by atoms with Crippen molar-refractivity contribution in [2.45, 2.75) is 0 Å². The fourth-order valence-electron chi connectivity index (χ4n) is 1.05. The number of nitrogens with zero attached hydrogens (tertiary/aromatic N) is 6. The molecule has 13 heteroatoms. The molecule has 3 N–H and O–H groups in total. The zero-order chi connectivity index (χ0) is 17.9. The van der Waals surface area contributed by atoms with Gasteiger partial charge in [-0.2, -0.15) is 15.0 Å². The molecule has 0 bridgehead atoms. The maximum atomic E-state index is 10.2. The first-order valence-corrected chi connectivity index (χ1v) is 6.10. The summed E-state index contributed by atoms with van der Waals surface area (Å²) in [6, 6.07) is 4.38. The molecule has 0 aliphatic carbocycles. The first-order chi connectivity index (χ1) is 11.4. The van der Waals surface area contributed by atoms with E-state index in [-0.39, 0.29) is 17.1 Å². The fourth-order valence-corrected chi connectivity index (χ4v) is 1.05. The normalized spacial score (nSPS) is 8.64. The Bertz CT molecular complexity index is 817. The minimum Gasteiger partial charge on any atom is -0.424 e. The molecule has 0 aliphatic rings. The predicted molar refractivity (Wildman–Crippen MR) is 77.0 cm³/mol. The minimum atomic E-state index is -0.660. The van der Waals surface area contributed by atoms with Gasteiger partial charge >= 0.3 is 34.1 Å². The van der Waals surface area contributed by atoms with Gasteiger partial charge in [0.1, 0.15) is 0 Å². The molecule has 1 radical (unpaired) electrons. The van der Waals surface area contributed by atoms with E-state index in [1.807, 2.05) is 0 Å². The van der Waals surface area contributed by atoms with E-state index in [9.17, 15) is 14.4 Å². The van der Waals surface area contributed by atoms with Crippen LogP contribution in [0.4, 0.5) is 0 Å². The van der Waals surface area contributed by atoms with Crippen LogP contribution in [0.2, 0.25) is 0 Å². The van der Waals surface area contributed by atoms with E-state index in [4.69, 9.17) is 15.6 Å². The molecule has 0 spiro atoms. The second-order valence-electron chi connectivity index (χ2n) is 3.74. The molecule has 25 heavy (non-hydrogen) atoms. The molecule has 0 unspecified atom stereocenters. The Morgan fingerprint density at radius 2 is 0.840 bits per heavy atom. The third-order valence-corrected chi connectivity index (χ3v) is 2.08. The standard InChI is InChI=1S/3C4H4N2O2.Fe/c3*7-4-5-2-1-3-6(4)8;/h3*1-3,8H;/q;;;+3. The van der Waals surface area contributed by atoms with E-state index in [2.05, 4.69) is 15.0 Å². The van der Waals surface area contributed by atoms with E-state index < -0.39 is 17.1 Å². The summed E-state index contributed by atoms with van der Waals surface area (Å²) in [5, 5.41) is 25.4. The predicted octanol–water partition coefficient (Wildman–Crippen LogP) is -1.56. The molecule has 3 rings (SSSR count). The Morgan fingerprint density at radius 1 is 0.600 bits per heavy atom. The van der Waals surface area contributed by atoms with Crippen LogP contribution in [0.15, 0.2) is 69.8 Å². The second kappa shape index (κ2) is 11.2. The van der Waals surface area contributed by atoms with Crippen molar-refractivity contribution < 1.29 is 32.7 Å². The Hall–Kier alpha value is -3.44. The van der Waals surface area contributed by atoms with Crippen molar-refractivity contribution in [2.75, 3.05) is 0 Å². The van der Waals surface area contributed by atoms with Crippen molar-refractivity contribution in [3.8, 4) is 0 Å². The maximum Gasteiger partial charge on any atom is 3.00 e. The van der Waals surface area contributed by atoms with Crippen molar-refractivity contribution in [1.29, 1.82) is 0 Å². The summed E-state index contributed by atoms with van der Waals surface area (Å²) in [6.07, 6.45) is 7.60. The van der Waals surface area contributed by atoms with Crippen LogP contribution >= 0.6 is 0 Å². The van der Waals surface area contributed by atoms with Gasteiger partial charge in [0.05, 0.1) is 18.6 Å². The Labute approximate surface area is 149 Å². The molecule has 0 aliphatic heterocycles. The first kappa shape index (κ1) is 21.6. The molecule has 0 saturated carbocycles. The second-order valence-corrected chi connectivity index (χ2v) is 3.74. The quantitative estimate of drug-likeness (QED) is 0.303. The SMILES string of the molecule is O=c1ncccn1O.O=c1ncccn1O.O=c1ncccn1O.[Fe+3]. The zero-order valence-corrected chi connectivity index (χ0v) is 13.4. The van der Waals surface area contributed by atoms with Crippen molar-refractivity contribution in [3.05, 3.63) is 86.8 Å². The van der Waals surface area contributed by atoms with E-state index in [1.165, 1.54) is 55.4 Å². The molecule has 0 amide bonds. The molecular weight excluding hydrogens is 380 g/mol. The number of hydrogen-bond donors (Lipinski definition) is 3. The third kappa shape index (κ3) is 8.10. The number of hydrogen-bond acceptors (Lipinski definition) is 9. The molecule has 131 valence electrons. The first-order valence-electron chi connectivity index (χ1n) is 6.10. The van der Waals surface area contributed by atoms with Crippen LogP contribution in [0.3, 0.4) is 0 Å². The molecule has 0 fully saturated rings. The van der Waals surface area contributed by atoms with Crippen LogP contribution in [0, 0.1) is 0 Å². The average Bonchev–Trinajstić information content (AvgIpc) is 2.57. The van der Waals surface area contributed by atoms with Gasteiger partial charge in [-0.3, -0.25) is 0 Å². The van der Waals surface area contributed by atoms with Gasteiger partial charge < -0.3 is 15.6 Å². The van der Waals surface area contributed by atoms with Crippen molar-refractivity contribution in [3.63, 3.8) is 0 Å². The zero-order valence-electron chi connectivity index (χ0n) is 12.3. The molecule has 3 heterocycles. The molecule has 0 aromatic carbocycles. The van der Waals surface area contributed by atoms with Crippen LogP contribution in [0.5, 0.6) is 0 Å². The van der Waals surface area contributed by atoms with Crippen LogP contribution in [0.25, 0.3) is 0 Å². The van der Waals surface area contributed by atoms with Gasteiger partial charge in [-0.05, 0) is 18.2 Å². The Kier molecular flexibility index (Phi) is 9.62. The van der Waals surface area contributed by atoms with Gasteiger partial charge in [-0.1, -0.05) is 0 Å². The monoisotopic (exact) mass is 392 g/mol. The van der Waals surface area contributed by atoms with Crippen LogP contribution in [-0.4, -0.2) is 44.8 Å². The molecule has 0 saturated heterocycles. The van der Waals surface area contributed by atoms with Gasteiger partial charge in [-0.25, -0.2) is 14.4 Å². The van der Waals surface area contributed by atoms with Gasteiger partial charge in [0.2, 0.25) is 0 Å². The molecule has 0 atom stereocenters. The van der Waals surface area contributed by atoms with Gasteiger partial charge in [-0.15, -0.1) is 14.2 Å². The summed E-state index contributed by atoms with van der Waals surface area (Å²) in [7, 11) is 0. The summed E-state index contributed by atoms with van der Waals surface area (Å²) in [6.45, 7) is 0. The Morgan fingerprint density at radius 3 is 0.960 bits per heavy atom. The van der Waals surface area contributed by atoms with Gasteiger partial charge in [0.25, 0.3) is 0 Å². The summed E-state index contributed by atoms with van der Waals surface area (Å²) in [5.41, 5.74) is -1.98. The van der Waals surface area contributed by atoms with Gasteiger partial charge in [0.15, 0.2) is 0 Å². The number of rotatable bonds is 0. The molecule has 12 nitrogen and oxygen atoms in total.